The van der Waals surface area contributed by atoms with Gasteiger partial charge in [0.2, 0.25) is 15.9 Å². The van der Waals surface area contributed by atoms with Gasteiger partial charge in [0.25, 0.3) is 0 Å². The lowest BCUT2D eigenvalue weighted by Crippen LogP contribution is -2.30. The van der Waals surface area contributed by atoms with Gasteiger partial charge in [0.1, 0.15) is 0 Å². The Morgan fingerprint density at radius 3 is 2.24 bits per heavy atom. The first-order valence-corrected chi connectivity index (χ1v) is 11.5. The van der Waals surface area contributed by atoms with Crippen molar-refractivity contribution >= 4 is 27.7 Å². The SMILES string of the molecule is CC[C@@H](C)c1ccccc1NC(=O)/C=C/c1ccc(S(=O)(=O)N(CC)CC)cc1. The molecule has 1 amide bonds. The first-order chi connectivity index (χ1) is 13.8. The molecule has 0 bridgehead atoms. The molecule has 156 valence electrons. The van der Waals surface area contributed by atoms with E-state index in [0.717, 1.165) is 23.2 Å². The van der Waals surface area contributed by atoms with Crippen molar-refractivity contribution < 1.29 is 13.2 Å². The Balaban J connectivity index is 2.10. The molecule has 2 rings (SSSR count). The lowest BCUT2D eigenvalue weighted by atomic mass is 9.97. The van der Waals surface area contributed by atoms with Crippen LogP contribution in [0.15, 0.2) is 59.5 Å². The van der Waals surface area contributed by atoms with Gasteiger partial charge in [0.15, 0.2) is 0 Å². The van der Waals surface area contributed by atoms with Crippen LogP contribution in [0.1, 0.15) is 51.2 Å². The van der Waals surface area contributed by atoms with Gasteiger partial charge >= 0.3 is 0 Å². The second-order valence-corrected chi connectivity index (χ2v) is 8.82. The molecule has 0 aliphatic carbocycles. The standard InChI is InChI=1S/C23H30N2O3S/c1-5-18(4)21-10-8-9-11-22(21)24-23(26)17-14-19-12-15-20(16-13-19)29(27,28)25(6-2)7-3/h8-18H,5-7H2,1-4H3,(H,24,26)/b17-14+/t18-/m1/s1. The fraction of sp³-hybridized carbons (Fsp3) is 0.348. The summed E-state index contributed by atoms with van der Waals surface area (Å²) in [7, 11) is -3.48. The molecule has 0 aliphatic heterocycles. The van der Waals surface area contributed by atoms with Crippen LogP contribution in [0.2, 0.25) is 0 Å². The van der Waals surface area contributed by atoms with Crippen molar-refractivity contribution in [3.05, 3.63) is 65.7 Å². The van der Waals surface area contributed by atoms with E-state index < -0.39 is 10.0 Å². The molecule has 6 heteroatoms. The molecule has 0 heterocycles. The molecule has 0 fully saturated rings. The van der Waals surface area contributed by atoms with Crippen LogP contribution in [0.3, 0.4) is 0 Å². The summed E-state index contributed by atoms with van der Waals surface area (Å²) in [6, 6.07) is 14.4. The van der Waals surface area contributed by atoms with E-state index in [1.165, 1.54) is 10.4 Å². The van der Waals surface area contributed by atoms with Crippen LogP contribution in [0, 0.1) is 0 Å². The van der Waals surface area contributed by atoms with E-state index in [4.69, 9.17) is 0 Å². The zero-order chi connectivity index (χ0) is 21.4. The third-order valence-electron chi connectivity index (χ3n) is 5.01. The maximum atomic E-state index is 12.5. The van der Waals surface area contributed by atoms with Crippen LogP contribution in [0.25, 0.3) is 6.08 Å². The number of carbonyl (C=O) groups excluding carboxylic acids is 1. The van der Waals surface area contributed by atoms with Gasteiger partial charge in [-0.2, -0.15) is 4.31 Å². The van der Waals surface area contributed by atoms with E-state index in [0.29, 0.717) is 19.0 Å². The first-order valence-electron chi connectivity index (χ1n) is 10.0. The van der Waals surface area contributed by atoms with Crippen molar-refractivity contribution in [3.63, 3.8) is 0 Å². The molecule has 5 nitrogen and oxygen atoms in total. The fourth-order valence-electron chi connectivity index (χ4n) is 3.07. The molecule has 29 heavy (non-hydrogen) atoms. The second-order valence-electron chi connectivity index (χ2n) is 6.88. The van der Waals surface area contributed by atoms with E-state index in [1.54, 1.807) is 30.3 Å². The molecule has 2 aromatic carbocycles. The zero-order valence-electron chi connectivity index (χ0n) is 17.6. The normalized spacial score (nSPS) is 13.0. The predicted molar refractivity (Wildman–Crippen MR) is 119 cm³/mol. The van der Waals surface area contributed by atoms with Crippen molar-refractivity contribution in [2.24, 2.45) is 0 Å². The summed E-state index contributed by atoms with van der Waals surface area (Å²) in [6.07, 6.45) is 4.13. The van der Waals surface area contributed by atoms with Crippen LogP contribution < -0.4 is 5.32 Å². The topological polar surface area (TPSA) is 66.5 Å². The van der Waals surface area contributed by atoms with Gasteiger partial charge in [-0.1, -0.05) is 58.0 Å². The Hall–Kier alpha value is -2.44. The number of hydrogen-bond donors (Lipinski definition) is 1. The molecule has 0 aromatic heterocycles. The first kappa shape index (κ1) is 22.8. The molecule has 1 atom stereocenters. The Kier molecular flexibility index (Phi) is 8.17. The molecule has 0 radical (unpaired) electrons. The third-order valence-corrected chi connectivity index (χ3v) is 7.08. The van der Waals surface area contributed by atoms with Gasteiger partial charge < -0.3 is 5.32 Å². The van der Waals surface area contributed by atoms with Gasteiger partial charge in [0, 0.05) is 24.9 Å². The molecular formula is C23H30N2O3S. The Labute approximate surface area is 174 Å². The molecule has 0 unspecified atom stereocenters. The number of nitrogens with one attached hydrogen (secondary N) is 1. The Morgan fingerprint density at radius 2 is 1.66 bits per heavy atom. The number of para-hydroxylation sites is 1. The van der Waals surface area contributed by atoms with Crippen molar-refractivity contribution in [1.29, 1.82) is 0 Å². The number of carbonyl (C=O) groups is 1. The number of hydrogen-bond acceptors (Lipinski definition) is 3. The van der Waals surface area contributed by atoms with E-state index in [2.05, 4.69) is 19.2 Å². The number of rotatable bonds is 9. The van der Waals surface area contributed by atoms with Gasteiger partial charge in [0.05, 0.1) is 4.90 Å². The summed E-state index contributed by atoms with van der Waals surface area (Å²) < 4.78 is 26.5. The largest absolute Gasteiger partial charge is 0.322 e. The van der Waals surface area contributed by atoms with Gasteiger partial charge in [-0.15, -0.1) is 0 Å². The minimum absolute atomic E-state index is 0.222. The summed E-state index contributed by atoms with van der Waals surface area (Å²) in [5, 5.41) is 2.93. The monoisotopic (exact) mass is 414 g/mol. The quantitative estimate of drug-likeness (QED) is 0.595. The minimum Gasteiger partial charge on any atom is -0.322 e. The summed E-state index contributed by atoms with van der Waals surface area (Å²) in [5.74, 6) is 0.136. The Morgan fingerprint density at radius 1 is 1.03 bits per heavy atom. The average Bonchev–Trinajstić information content (AvgIpc) is 2.73. The molecule has 0 spiro atoms. The lowest BCUT2D eigenvalue weighted by Gasteiger charge is -2.18. The molecule has 1 N–H and O–H groups in total. The second kappa shape index (κ2) is 10.4. The Bertz CT molecular complexity index is 946. The number of amides is 1. The highest BCUT2D eigenvalue weighted by Crippen LogP contribution is 2.26. The van der Waals surface area contributed by atoms with Crippen molar-refractivity contribution in [3.8, 4) is 0 Å². The number of nitrogens with zero attached hydrogens (tertiary/aromatic N) is 1. The number of benzene rings is 2. The molecule has 0 aliphatic rings. The third kappa shape index (κ3) is 5.78. The van der Waals surface area contributed by atoms with Gasteiger partial charge in [-0.3, -0.25) is 4.79 Å². The fourth-order valence-corrected chi connectivity index (χ4v) is 4.53. The van der Waals surface area contributed by atoms with E-state index >= 15 is 0 Å². The average molecular weight is 415 g/mol. The van der Waals surface area contributed by atoms with Crippen molar-refractivity contribution in [2.45, 2.75) is 44.9 Å². The van der Waals surface area contributed by atoms with Crippen molar-refractivity contribution in [1.82, 2.24) is 4.31 Å². The van der Waals surface area contributed by atoms with Gasteiger partial charge in [-0.25, -0.2) is 8.42 Å². The summed E-state index contributed by atoms with van der Waals surface area (Å²) in [5.41, 5.74) is 2.69. The summed E-state index contributed by atoms with van der Waals surface area (Å²) >= 11 is 0. The van der Waals surface area contributed by atoms with Crippen LogP contribution in [0.5, 0.6) is 0 Å². The maximum Gasteiger partial charge on any atom is 0.248 e. The van der Waals surface area contributed by atoms with E-state index in [1.807, 2.05) is 38.1 Å². The molecular weight excluding hydrogens is 384 g/mol. The number of sulfonamides is 1. The van der Waals surface area contributed by atoms with E-state index in [-0.39, 0.29) is 10.8 Å². The highest BCUT2D eigenvalue weighted by molar-refractivity contribution is 7.89. The maximum absolute atomic E-state index is 12.5. The van der Waals surface area contributed by atoms with E-state index in [9.17, 15) is 13.2 Å². The summed E-state index contributed by atoms with van der Waals surface area (Å²) in [4.78, 5) is 12.6. The lowest BCUT2D eigenvalue weighted by molar-refractivity contribution is -0.111. The predicted octanol–water partition coefficient (Wildman–Crippen LogP) is 4.88. The van der Waals surface area contributed by atoms with Crippen molar-refractivity contribution in [2.75, 3.05) is 18.4 Å². The molecule has 0 saturated heterocycles. The van der Waals surface area contributed by atoms with Crippen LogP contribution >= 0.6 is 0 Å². The molecule has 0 saturated carbocycles. The summed E-state index contributed by atoms with van der Waals surface area (Å²) in [6.45, 7) is 8.74. The highest BCUT2D eigenvalue weighted by atomic mass is 32.2. The van der Waals surface area contributed by atoms with Crippen LogP contribution in [0.4, 0.5) is 5.69 Å². The number of anilines is 1. The van der Waals surface area contributed by atoms with Crippen LogP contribution in [-0.2, 0) is 14.8 Å². The van der Waals surface area contributed by atoms with Gasteiger partial charge in [-0.05, 0) is 47.7 Å². The smallest absolute Gasteiger partial charge is 0.248 e. The zero-order valence-corrected chi connectivity index (χ0v) is 18.4. The highest BCUT2D eigenvalue weighted by Gasteiger charge is 2.20. The van der Waals surface area contributed by atoms with Crippen LogP contribution in [-0.4, -0.2) is 31.7 Å². The minimum atomic E-state index is -3.48. The molecule has 2 aromatic rings.